The number of ether oxygens (including phenoxy) is 1. The molecule has 0 amide bonds. The molecule has 1 aliphatic heterocycles. The van der Waals surface area contributed by atoms with Gasteiger partial charge < -0.3 is 9.64 Å². The molecule has 2 rings (SSSR count). The SMILES string of the molecule is COCC1CCCN(c2ccc(C)c(C#N)n2)C1. The molecule has 0 spiro atoms. The van der Waals surface area contributed by atoms with Gasteiger partial charge in [-0.15, -0.1) is 0 Å². The van der Waals surface area contributed by atoms with E-state index in [0.717, 1.165) is 37.5 Å². The van der Waals surface area contributed by atoms with E-state index in [1.165, 1.54) is 6.42 Å². The van der Waals surface area contributed by atoms with Crippen molar-refractivity contribution in [2.24, 2.45) is 5.92 Å². The second-order valence-electron chi connectivity index (χ2n) is 4.86. The highest BCUT2D eigenvalue weighted by molar-refractivity contribution is 5.45. The monoisotopic (exact) mass is 245 g/mol. The number of aromatic nitrogens is 1. The number of hydrogen-bond acceptors (Lipinski definition) is 4. The smallest absolute Gasteiger partial charge is 0.145 e. The van der Waals surface area contributed by atoms with Crippen LogP contribution in [-0.4, -0.2) is 31.8 Å². The van der Waals surface area contributed by atoms with Crippen LogP contribution in [0.4, 0.5) is 5.82 Å². The second-order valence-corrected chi connectivity index (χ2v) is 4.86. The third kappa shape index (κ3) is 2.80. The van der Waals surface area contributed by atoms with E-state index < -0.39 is 0 Å². The van der Waals surface area contributed by atoms with Gasteiger partial charge in [0, 0.05) is 20.2 Å². The van der Waals surface area contributed by atoms with E-state index in [1.54, 1.807) is 7.11 Å². The van der Waals surface area contributed by atoms with E-state index in [0.29, 0.717) is 11.6 Å². The van der Waals surface area contributed by atoms with Gasteiger partial charge in [-0.05, 0) is 37.3 Å². The number of rotatable bonds is 3. The van der Waals surface area contributed by atoms with Crippen LogP contribution in [0.25, 0.3) is 0 Å². The van der Waals surface area contributed by atoms with Gasteiger partial charge in [-0.3, -0.25) is 0 Å². The fourth-order valence-corrected chi connectivity index (χ4v) is 2.45. The van der Waals surface area contributed by atoms with Crippen LogP contribution in [0.15, 0.2) is 12.1 Å². The Morgan fingerprint density at radius 2 is 2.39 bits per heavy atom. The molecule has 4 heteroatoms. The van der Waals surface area contributed by atoms with Gasteiger partial charge >= 0.3 is 0 Å². The maximum atomic E-state index is 9.03. The molecule has 1 aromatic heterocycles. The van der Waals surface area contributed by atoms with Crippen LogP contribution < -0.4 is 4.90 Å². The van der Waals surface area contributed by atoms with Crippen LogP contribution >= 0.6 is 0 Å². The van der Waals surface area contributed by atoms with Gasteiger partial charge in [0.05, 0.1) is 6.61 Å². The summed E-state index contributed by atoms with van der Waals surface area (Å²) in [5.74, 6) is 1.48. The van der Waals surface area contributed by atoms with Crippen molar-refractivity contribution in [3.8, 4) is 6.07 Å². The van der Waals surface area contributed by atoms with Crippen molar-refractivity contribution in [3.63, 3.8) is 0 Å². The van der Waals surface area contributed by atoms with Crippen molar-refractivity contribution in [3.05, 3.63) is 23.4 Å². The summed E-state index contributed by atoms with van der Waals surface area (Å²) in [5.41, 5.74) is 1.47. The van der Waals surface area contributed by atoms with E-state index in [4.69, 9.17) is 10.00 Å². The summed E-state index contributed by atoms with van der Waals surface area (Å²) in [6.07, 6.45) is 2.37. The molecule has 0 aromatic carbocycles. The number of methoxy groups -OCH3 is 1. The number of aryl methyl sites for hydroxylation is 1. The summed E-state index contributed by atoms with van der Waals surface area (Å²) in [5, 5.41) is 9.03. The fraction of sp³-hybridized carbons (Fsp3) is 0.571. The van der Waals surface area contributed by atoms with Crippen LogP contribution in [0, 0.1) is 24.2 Å². The minimum atomic E-state index is 0.529. The Hall–Kier alpha value is -1.60. The summed E-state index contributed by atoms with van der Waals surface area (Å²) in [6.45, 7) is 4.70. The lowest BCUT2D eigenvalue weighted by molar-refractivity contribution is 0.143. The summed E-state index contributed by atoms with van der Waals surface area (Å²) >= 11 is 0. The molecule has 1 atom stereocenters. The molecule has 0 N–H and O–H groups in total. The van der Waals surface area contributed by atoms with Crippen LogP contribution in [0.1, 0.15) is 24.1 Å². The number of anilines is 1. The van der Waals surface area contributed by atoms with Crippen molar-refractivity contribution in [1.29, 1.82) is 5.26 Å². The van der Waals surface area contributed by atoms with Gasteiger partial charge in [-0.25, -0.2) is 4.98 Å². The Balaban J connectivity index is 2.13. The summed E-state index contributed by atoms with van der Waals surface area (Å²) in [4.78, 5) is 6.69. The number of piperidine rings is 1. The molecule has 1 aromatic rings. The summed E-state index contributed by atoms with van der Waals surface area (Å²) in [6, 6.07) is 6.13. The molecule has 4 nitrogen and oxygen atoms in total. The first-order valence-electron chi connectivity index (χ1n) is 6.36. The lowest BCUT2D eigenvalue weighted by Crippen LogP contribution is -2.37. The minimum Gasteiger partial charge on any atom is -0.384 e. The summed E-state index contributed by atoms with van der Waals surface area (Å²) in [7, 11) is 1.75. The molecule has 1 aliphatic rings. The molecule has 2 heterocycles. The quantitative estimate of drug-likeness (QED) is 0.818. The van der Waals surface area contributed by atoms with E-state index in [2.05, 4.69) is 16.0 Å². The number of nitrogens with zero attached hydrogens (tertiary/aromatic N) is 3. The Morgan fingerprint density at radius 3 is 3.11 bits per heavy atom. The Labute approximate surface area is 108 Å². The molecule has 0 bridgehead atoms. The average molecular weight is 245 g/mol. The Kier molecular flexibility index (Phi) is 4.16. The predicted octanol–water partition coefficient (Wildman–Crippen LogP) is 2.12. The predicted molar refractivity (Wildman–Crippen MR) is 70.5 cm³/mol. The first-order chi connectivity index (χ1) is 8.74. The van der Waals surface area contributed by atoms with E-state index in [9.17, 15) is 0 Å². The van der Waals surface area contributed by atoms with E-state index in [-0.39, 0.29) is 0 Å². The number of hydrogen-bond donors (Lipinski definition) is 0. The Morgan fingerprint density at radius 1 is 1.56 bits per heavy atom. The standard InChI is InChI=1S/C14H19N3O/c1-11-5-6-14(16-13(11)8-15)17-7-3-4-12(9-17)10-18-2/h5-6,12H,3-4,7,9-10H2,1-2H3. The maximum Gasteiger partial charge on any atom is 0.145 e. The van der Waals surface area contributed by atoms with Crippen molar-refractivity contribution >= 4 is 5.82 Å². The largest absolute Gasteiger partial charge is 0.384 e. The third-order valence-corrected chi connectivity index (χ3v) is 3.43. The van der Waals surface area contributed by atoms with Crippen LogP contribution in [-0.2, 0) is 4.74 Å². The highest BCUT2D eigenvalue weighted by Gasteiger charge is 2.21. The zero-order valence-electron chi connectivity index (χ0n) is 11.0. The van der Waals surface area contributed by atoms with E-state index in [1.807, 2.05) is 19.1 Å². The molecular formula is C14H19N3O. The van der Waals surface area contributed by atoms with Gasteiger partial charge in [-0.2, -0.15) is 5.26 Å². The lowest BCUT2D eigenvalue weighted by Gasteiger charge is -2.33. The molecule has 96 valence electrons. The Bertz CT molecular complexity index is 451. The fourth-order valence-electron chi connectivity index (χ4n) is 2.45. The average Bonchev–Trinajstić information content (AvgIpc) is 2.40. The molecule has 18 heavy (non-hydrogen) atoms. The third-order valence-electron chi connectivity index (χ3n) is 3.43. The first kappa shape index (κ1) is 12.8. The highest BCUT2D eigenvalue weighted by atomic mass is 16.5. The van der Waals surface area contributed by atoms with Gasteiger partial charge in [0.1, 0.15) is 17.6 Å². The second kappa shape index (κ2) is 5.83. The van der Waals surface area contributed by atoms with Crippen molar-refractivity contribution in [2.75, 3.05) is 31.7 Å². The van der Waals surface area contributed by atoms with Crippen molar-refractivity contribution in [2.45, 2.75) is 19.8 Å². The lowest BCUT2D eigenvalue weighted by atomic mass is 9.99. The molecule has 0 saturated carbocycles. The number of nitriles is 1. The first-order valence-corrected chi connectivity index (χ1v) is 6.36. The van der Waals surface area contributed by atoms with Crippen LogP contribution in [0.5, 0.6) is 0 Å². The normalized spacial score (nSPS) is 19.6. The van der Waals surface area contributed by atoms with Gasteiger partial charge in [0.15, 0.2) is 0 Å². The topological polar surface area (TPSA) is 49.1 Å². The zero-order valence-corrected chi connectivity index (χ0v) is 11.0. The molecule has 1 fully saturated rings. The zero-order chi connectivity index (χ0) is 13.0. The molecule has 1 unspecified atom stereocenters. The molecule has 1 saturated heterocycles. The van der Waals surface area contributed by atoms with Crippen molar-refractivity contribution < 1.29 is 4.74 Å². The van der Waals surface area contributed by atoms with Crippen LogP contribution in [0.2, 0.25) is 0 Å². The minimum absolute atomic E-state index is 0.529. The maximum absolute atomic E-state index is 9.03. The number of pyridine rings is 1. The summed E-state index contributed by atoms with van der Waals surface area (Å²) < 4.78 is 5.23. The highest BCUT2D eigenvalue weighted by Crippen LogP contribution is 2.22. The van der Waals surface area contributed by atoms with E-state index >= 15 is 0 Å². The molecular weight excluding hydrogens is 226 g/mol. The van der Waals surface area contributed by atoms with Gasteiger partial charge in [-0.1, -0.05) is 6.07 Å². The molecule has 0 radical (unpaired) electrons. The molecule has 0 aliphatic carbocycles. The van der Waals surface area contributed by atoms with Crippen LogP contribution in [0.3, 0.4) is 0 Å². The van der Waals surface area contributed by atoms with Gasteiger partial charge in [0.2, 0.25) is 0 Å². The van der Waals surface area contributed by atoms with Crippen molar-refractivity contribution in [1.82, 2.24) is 4.98 Å². The van der Waals surface area contributed by atoms with Gasteiger partial charge in [0.25, 0.3) is 0 Å².